The van der Waals surface area contributed by atoms with E-state index in [1.165, 1.54) is 24.7 Å². The maximum Gasteiger partial charge on any atom is 0.254 e. The lowest BCUT2D eigenvalue weighted by Gasteiger charge is -2.36. The highest BCUT2D eigenvalue weighted by Gasteiger charge is 2.26. The first-order chi connectivity index (χ1) is 15.2. The zero-order valence-corrected chi connectivity index (χ0v) is 17.7. The lowest BCUT2D eigenvalue weighted by molar-refractivity contribution is 0.131. The molecule has 2 aromatic heterocycles. The van der Waals surface area contributed by atoms with Crippen molar-refractivity contribution < 1.29 is 0 Å². The summed E-state index contributed by atoms with van der Waals surface area (Å²) in [4.78, 5) is 33.4. The Labute approximate surface area is 182 Å². The third-order valence-corrected chi connectivity index (χ3v) is 6.46. The van der Waals surface area contributed by atoms with Gasteiger partial charge in [0.25, 0.3) is 5.56 Å². The Balaban J connectivity index is 1.20. The van der Waals surface area contributed by atoms with E-state index < -0.39 is 0 Å². The Morgan fingerprint density at radius 1 is 1.00 bits per heavy atom. The van der Waals surface area contributed by atoms with Crippen LogP contribution in [0, 0.1) is 5.92 Å². The maximum absolute atomic E-state index is 12.6. The number of benzene rings is 1. The summed E-state index contributed by atoms with van der Waals surface area (Å²) in [5.41, 5.74) is 3.83. The second-order valence-corrected chi connectivity index (χ2v) is 8.66. The molecule has 0 radical (unpaired) electrons. The van der Waals surface area contributed by atoms with Crippen LogP contribution >= 0.6 is 0 Å². The molecule has 2 aliphatic rings. The molecule has 0 aliphatic carbocycles. The quantitative estimate of drug-likeness (QED) is 0.689. The zero-order chi connectivity index (χ0) is 21.0. The number of aromatic nitrogens is 4. The van der Waals surface area contributed by atoms with Crippen LogP contribution in [0.5, 0.6) is 0 Å². The Morgan fingerprint density at radius 3 is 2.55 bits per heavy atom. The van der Waals surface area contributed by atoms with E-state index in [9.17, 15) is 4.79 Å². The van der Waals surface area contributed by atoms with E-state index in [0.29, 0.717) is 11.7 Å². The largest absolute Gasteiger partial charge is 0.306 e. The van der Waals surface area contributed by atoms with E-state index in [1.807, 2.05) is 0 Å². The first-order valence-electron chi connectivity index (χ1n) is 11.1. The molecule has 1 N–H and O–H groups in total. The summed E-state index contributed by atoms with van der Waals surface area (Å²) in [5, 5.41) is 0. The SMILES string of the molecule is O=c1[nH]c(-c2cncnc2)nc2c1CCN(CC1CCN(Cc3ccccc3)CC1)C2. The van der Waals surface area contributed by atoms with Crippen LogP contribution in [0.15, 0.2) is 53.8 Å². The molecule has 1 aromatic carbocycles. The van der Waals surface area contributed by atoms with Crippen LogP contribution < -0.4 is 5.56 Å². The van der Waals surface area contributed by atoms with Gasteiger partial charge in [-0.05, 0) is 43.8 Å². The highest BCUT2D eigenvalue weighted by molar-refractivity contribution is 5.52. The lowest BCUT2D eigenvalue weighted by atomic mass is 9.94. The van der Waals surface area contributed by atoms with Gasteiger partial charge in [-0.2, -0.15) is 0 Å². The van der Waals surface area contributed by atoms with Gasteiger partial charge < -0.3 is 4.98 Å². The minimum Gasteiger partial charge on any atom is -0.306 e. The number of rotatable bonds is 5. The summed E-state index contributed by atoms with van der Waals surface area (Å²) in [7, 11) is 0. The minimum absolute atomic E-state index is 0.0299. The first-order valence-corrected chi connectivity index (χ1v) is 11.1. The molecule has 1 fully saturated rings. The second-order valence-electron chi connectivity index (χ2n) is 8.66. The smallest absolute Gasteiger partial charge is 0.254 e. The van der Waals surface area contributed by atoms with E-state index in [0.717, 1.165) is 62.5 Å². The standard InChI is InChI=1S/C24H28N6O/c31-24-21-8-11-30(16-22(21)27-23(28-24)20-12-25-17-26-13-20)15-19-6-9-29(10-7-19)14-18-4-2-1-3-5-18/h1-5,12-13,17,19H,6-11,14-16H2,(H,27,28,31). The van der Waals surface area contributed by atoms with Gasteiger partial charge in [0.2, 0.25) is 0 Å². The van der Waals surface area contributed by atoms with Gasteiger partial charge in [0.1, 0.15) is 12.2 Å². The minimum atomic E-state index is -0.0299. The highest BCUT2D eigenvalue weighted by Crippen LogP contribution is 2.23. The van der Waals surface area contributed by atoms with Crippen LogP contribution in [0.3, 0.4) is 0 Å². The molecule has 0 saturated carbocycles. The maximum atomic E-state index is 12.6. The van der Waals surface area contributed by atoms with E-state index >= 15 is 0 Å². The Hall–Kier alpha value is -2.90. The summed E-state index contributed by atoms with van der Waals surface area (Å²) in [6.45, 7) is 6.10. The summed E-state index contributed by atoms with van der Waals surface area (Å²) >= 11 is 0. The number of nitrogens with one attached hydrogen (secondary N) is 1. The average molecular weight is 417 g/mol. The molecule has 160 valence electrons. The molecule has 0 atom stereocenters. The van der Waals surface area contributed by atoms with Gasteiger partial charge in [0.05, 0.1) is 11.3 Å². The number of H-pyrrole nitrogens is 1. The summed E-state index contributed by atoms with van der Waals surface area (Å²) in [6, 6.07) is 10.7. The van der Waals surface area contributed by atoms with Gasteiger partial charge in [0.15, 0.2) is 0 Å². The highest BCUT2D eigenvalue weighted by atomic mass is 16.1. The van der Waals surface area contributed by atoms with Crippen molar-refractivity contribution in [3.8, 4) is 11.4 Å². The molecule has 7 nitrogen and oxygen atoms in total. The Kier molecular flexibility index (Phi) is 5.86. The predicted molar refractivity (Wildman–Crippen MR) is 119 cm³/mol. The van der Waals surface area contributed by atoms with Crippen molar-refractivity contribution in [2.75, 3.05) is 26.2 Å². The van der Waals surface area contributed by atoms with Crippen molar-refractivity contribution in [1.29, 1.82) is 0 Å². The van der Waals surface area contributed by atoms with Gasteiger partial charge in [-0.15, -0.1) is 0 Å². The summed E-state index contributed by atoms with van der Waals surface area (Å²) in [5.74, 6) is 1.26. The topological polar surface area (TPSA) is 78.0 Å². The monoisotopic (exact) mass is 416 g/mol. The van der Waals surface area contributed by atoms with E-state index in [4.69, 9.17) is 4.98 Å². The van der Waals surface area contributed by atoms with Crippen LogP contribution in [-0.2, 0) is 19.5 Å². The molecule has 7 heteroatoms. The van der Waals surface area contributed by atoms with E-state index in [1.54, 1.807) is 12.4 Å². The Bertz CT molecular complexity index is 1060. The van der Waals surface area contributed by atoms with Crippen molar-refractivity contribution in [1.82, 2.24) is 29.7 Å². The van der Waals surface area contributed by atoms with Crippen LogP contribution in [0.2, 0.25) is 0 Å². The summed E-state index contributed by atoms with van der Waals surface area (Å²) in [6.07, 6.45) is 8.06. The van der Waals surface area contributed by atoms with E-state index in [-0.39, 0.29) is 5.56 Å². The van der Waals surface area contributed by atoms with Gasteiger partial charge >= 0.3 is 0 Å². The molecule has 5 rings (SSSR count). The van der Waals surface area contributed by atoms with Crippen molar-refractivity contribution >= 4 is 0 Å². The third-order valence-electron chi connectivity index (χ3n) is 6.46. The molecular formula is C24H28N6O. The Morgan fingerprint density at radius 2 is 1.77 bits per heavy atom. The second kappa shape index (κ2) is 9.08. The predicted octanol–water partition coefficient (Wildman–Crippen LogP) is 2.50. The van der Waals surface area contributed by atoms with Crippen LogP contribution in [-0.4, -0.2) is 55.9 Å². The molecule has 0 spiro atoms. The number of piperidine rings is 1. The van der Waals surface area contributed by atoms with Crippen molar-refractivity contribution in [3.05, 3.63) is 76.2 Å². The van der Waals surface area contributed by atoms with Gasteiger partial charge in [-0.3, -0.25) is 14.6 Å². The van der Waals surface area contributed by atoms with Crippen LogP contribution in [0.1, 0.15) is 29.7 Å². The van der Waals surface area contributed by atoms with Crippen LogP contribution in [0.4, 0.5) is 0 Å². The molecule has 0 amide bonds. The normalized spacial score (nSPS) is 18.1. The molecule has 0 bridgehead atoms. The van der Waals surface area contributed by atoms with Crippen molar-refractivity contribution in [2.24, 2.45) is 5.92 Å². The van der Waals surface area contributed by atoms with Crippen LogP contribution in [0.25, 0.3) is 11.4 Å². The summed E-state index contributed by atoms with van der Waals surface area (Å²) < 4.78 is 0. The third kappa shape index (κ3) is 4.73. The zero-order valence-electron chi connectivity index (χ0n) is 17.7. The molecular weight excluding hydrogens is 388 g/mol. The van der Waals surface area contributed by atoms with Crippen molar-refractivity contribution in [2.45, 2.75) is 32.4 Å². The fraction of sp³-hybridized carbons (Fsp3) is 0.417. The molecule has 0 unspecified atom stereocenters. The van der Waals surface area contributed by atoms with Gasteiger partial charge in [-0.1, -0.05) is 30.3 Å². The molecule has 3 aromatic rings. The number of likely N-dealkylation sites (tertiary alicyclic amines) is 1. The van der Waals surface area contributed by atoms with E-state index in [2.05, 4.69) is 55.1 Å². The fourth-order valence-electron chi connectivity index (χ4n) is 4.74. The average Bonchev–Trinajstić information content (AvgIpc) is 2.81. The van der Waals surface area contributed by atoms with Gasteiger partial charge in [-0.25, -0.2) is 15.0 Å². The van der Waals surface area contributed by atoms with Gasteiger partial charge in [0, 0.05) is 44.1 Å². The molecule has 4 heterocycles. The number of hydrogen-bond acceptors (Lipinski definition) is 6. The molecule has 31 heavy (non-hydrogen) atoms. The lowest BCUT2D eigenvalue weighted by Crippen LogP contribution is -2.41. The number of fused-ring (bicyclic) bond motifs is 1. The van der Waals surface area contributed by atoms with Crippen molar-refractivity contribution in [3.63, 3.8) is 0 Å². The fourth-order valence-corrected chi connectivity index (χ4v) is 4.74. The number of aromatic amines is 1. The molecule has 1 saturated heterocycles. The first kappa shape index (κ1) is 20.0. The molecule has 2 aliphatic heterocycles. The number of nitrogens with zero attached hydrogens (tertiary/aromatic N) is 5. The number of hydrogen-bond donors (Lipinski definition) is 1.